The van der Waals surface area contributed by atoms with Crippen molar-refractivity contribution in [1.82, 2.24) is 9.88 Å². The summed E-state index contributed by atoms with van der Waals surface area (Å²) in [6.45, 7) is 1.33. The molecule has 0 amide bonds. The summed E-state index contributed by atoms with van der Waals surface area (Å²) in [5, 5.41) is 11.4. The Morgan fingerprint density at radius 2 is 2.00 bits per heavy atom. The molecular formula is C10H13F3N2OS. The summed E-state index contributed by atoms with van der Waals surface area (Å²) in [5.74, 6) is 0. The molecule has 0 aliphatic carbocycles. The van der Waals surface area contributed by atoms with Crippen molar-refractivity contribution in [1.29, 1.82) is 0 Å². The lowest BCUT2D eigenvalue weighted by Gasteiger charge is -2.34. The molecular weight excluding hydrogens is 253 g/mol. The summed E-state index contributed by atoms with van der Waals surface area (Å²) in [7, 11) is 1.92. The van der Waals surface area contributed by atoms with Crippen LogP contribution in [0.5, 0.6) is 0 Å². The first kappa shape index (κ1) is 12.8. The van der Waals surface area contributed by atoms with Gasteiger partial charge >= 0.3 is 6.18 Å². The summed E-state index contributed by atoms with van der Waals surface area (Å²) in [6, 6.07) is 0. The highest BCUT2D eigenvalue weighted by Crippen LogP contribution is 2.37. The second-order valence-corrected chi connectivity index (χ2v) is 5.23. The number of hydrogen-bond acceptors (Lipinski definition) is 4. The van der Waals surface area contributed by atoms with Crippen molar-refractivity contribution in [2.45, 2.75) is 24.6 Å². The van der Waals surface area contributed by atoms with Gasteiger partial charge in [-0.05, 0) is 19.9 Å². The van der Waals surface area contributed by atoms with Crippen LogP contribution in [0, 0.1) is 0 Å². The summed E-state index contributed by atoms with van der Waals surface area (Å²) in [6.07, 6.45) is -3.58. The van der Waals surface area contributed by atoms with Gasteiger partial charge in [0.2, 0.25) is 0 Å². The minimum Gasteiger partial charge on any atom is -0.383 e. The van der Waals surface area contributed by atoms with Crippen LogP contribution in [-0.2, 0) is 11.8 Å². The van der Waals surface area contributed by atoms with E-state index in [0.717, 1.165) is 16.7 Å². The van der Waals surface area contributed by atoms with E-state index in [1.165, 1.54) is 0 Å². The summed E-state index contributed by atoms with van der Waals surface area (Å²) >= 11 is 0.883. The zero-order valence-corrected chi connectivity index (χ0v) is 10.1. The van der Waals surface area contributed by atoms with Crippen molar-refractivity contribution >= 4 is 11.3 Å². The number of aromatic nitrogens is 1. The van der Waals surface area contributed by atoms with Gasteiger partial charge in [0, 0.05) is 18.5 Å². The Bertz CT molecular complexity index is 397. The molecule has 0 saturated carbocycles. The largest absolute Gasteiger partial charge is 0.434 e. The van der Waals surface area contributed by atoms with Gasteiger partial charge in [0.15, 0.2) is 5.69 Å². The van der Waals surface area contributed by atoms with Crippen molar-refractivity contribution < 1.29 is 18.3 Å². The molecule has 1 N–H and O–H groups in total. The Morgan fingerprint density at radius 3 is 2.47 bits per heavy atom. The molecule has 2 heterocycles. The SMILES string of the molecule is CN1CCC(O)(c2nc(C(F)(F)F)cs2)CC1. The monoisotopic (exact) mass is 266 g/mol. The molecule has 0 atom stereocenters. The molecule has 17 heavy (non-hydrogen) atoms. The van der Waals surface area contributed by atoms with Gasteiger partial charge in [-0.3, -0.25) is 0 Å². The van der Waals surface area contributed by atoms with Crippen LogP contribution in [0.1, 0.15) is 23.5 Å². The number of halogens is 3. The molecule has 1 aromatic heterocycles. The molecule has 1 fully saturated rings. The molecule has 1 aliphatic heterocycles. The van der Waals surface area contributed by atoms with Crippen LogP contribution in [0.4, 0.5) is 13.2 Å². The fraction of sp³-hybridized carbons (Fsp3) is 0.700. The molecule has 2 rings (SSSR count). The molecule has 7 heteroatoms. The minimum atomic E-state index is -4.43. The number of likely N-dealkylation sites (tertiary alicyclic amines) is 1. The average Bonchev–Trinajstić information content (AvgIpc) is 2.72. The zero-order chi connectivity index (χ0) is 12.7. The van der Waals surface area contributed by atoms with Gasteiger partial charge < -0.3 is 10.0 Å². The standard InChI is InChI=1S/C10H13F3N2OS/c1-15-4-2-9(16,3-5-15)8-14-7(6-17-8)10(11,12)13/h6,16H,2-5H2,1H3. The van der Waals surface area contributed by atoms with Gasteiger partial charge in [-0.25, -0.2) is 4.98 Å². The Balaban J connectivity index is 2.20. The predicted octanol–water partition coefficient (Wildman–Crippen LogP) is 2.08. The second kappa shape index (κ2) is 4.22. The summed E-state index contributed by atoms with van der Waals surface area (Å²) < 4.78 is 37.2. The fourth-order valence-corrected chi connectivity index (χ4v) is 2.80. The minimum absolute atomic E-state index is 0.179. The zero-order valence-electron chi connectivity index (χ0n) is 9.29. The first-order valence-corrected chi connectivity index (χ1v) is 6.13. The molecule has 96 valence electrons. The first-order chi connectivity index (χ1) is 7.81. The highest BCUT2D eigenvalue weighted by atomic mass is 32.1. The van der Waals surface area contributed by atoms with E-state index in [-0.39, 0.29) is 5.01 Å². The van der Waals surface area contributed by atoms with E-state index in [2.05, 4.69) is 4.98 Å². The molecule has 0 aromatic carbocycles. The van der Waals surface area contributed by atoms with Gasteiger partial charge in [-0.2, -0.15) is 13.2 Å². The van der Waals surface area contributed by atoms with Crippen LogP contribution < -0.4 is 0 Å². The normalized spacial score (nSPS) is 21.7. The maximum Gasteiger partial charge on any atom is 0.434 e. The highest BCUT2D eigenvalue weighted by Gasteiger charge is 2.39. The third kappa shape index (κ3) is 2.61. The van der Waals surface area contributed by atoms with Crippen LogP contribution in [-0.4, -0.2) is 35.1 Å². The third-order valence-electron chi connectivity index (χ3n) is 3.01. The molecule has 0 radical (unpaired) electrons. The molecule has 3 nitrogen and oxygen atoms in total. The van der Waals surface area contributed by atoms with Crippen LogP contribution in [0.3, 0.4) is 0 Å². The lowest BCUT2D eigenvalue weighted by molar-refractivity contribution is -0.141. The molecule has 1 saturated heterocycles. The fourth-order valence-electron chi connectivity index (χ4n) is 1.82. The molecule has 1 aliphatic rings. The van der Waals surface area contributed by atoms with Crippen LogP contribution in [0.15, 0.2) is 5.38 Å². The average molecular weight is 266 g/mol. The van der Waals surface area contributed by atoms with Gasteiger partial charge in [0.25, 0.3) is 0 Å². The Hall–Kier alpha value is -0.660. The Morgan fingerprint density at radius 1 is 1.41 bits per heavy atom. The van der Waals surface area contributed by atoms with Crippen molar-refractivity contribution in [2.75, 3.05) is 20.1 Å². The lowest BCUT2D eigenvalue weighted by Crippen LogP contribution is -2.40. The number of piperidine rings is 1. The molecule has 0 spiro atoms. The number of thiazole rings is 1. The van der Waals surface area contributed by atoms with E-state index in [0.29, 0.717) is 25.9 Å². The molecule has 1 aromatic rings. The maximum atomic E-state index is 12.4. The van der Waals surface area contributed by atoms with Gasteiger partial charge in [-0.1, -0.05) is 0 Å². The van der Waals surface area contributed by atoms with E-state index in [1.54, 1.807) is 0 Å². The number of nitrogens with zero attached hydrogens (tertiary/aromatic N) is 2. The van der Waals surface area contributed by atoms with Crippen LogP contribution in [0.25, 0.3) is 0 Å². The summed E-state index contributed by atoms with van der Waals surface area (Å²) in [5.41, 5.74) is -2.11. The first-order valence-electron chi connectivity index (χ1n) is 5.25. The van der Waals surface area contributed by atoms with Crippen LogP contribution in [0.2, 0.25) is 0 Å². The summed E-state index contributed by atoms with van der Waals surface area (Å²) in [4.78, 5) is 5.56. The Kier molecular flexibility index (Phi) is 3.17. The van der Waals surface area contributed by atoms with Crippen molar-refractivity contribution in [3.05, 3.63) is 16.1 Å². The third-order valence-corrected chi connectivity index (χ3v) is 4.04. The lowest BCUT2D eigenvalue weighted by atomic mass is 9.92. The number of rotatable bonds is 1. The Labute approximate surface area is 101 Å². The number of hydrogen-bond donors (Lipinski definition) is 1. The van der Waals surface area contributed by atoms with E-state index in [4.69, 9.17) is 0 Å². The molecule has 0 unspecified atom stereocenters. The highest BCUT2D eigenvalue weighted by molar-refractivity contribution is 7.09. The topological polar surface area (TPSA) is 36.4 Å². The van der Waals surface area contributed by atoms with Gasteiger partial charge in [-0.15, -0.1) is 11.3 Å². The van der Waals surface area contributed by atoms with E-state index in [1.807, 2.05) is 11.9 Å². The maximum absolute atomic E-state index is 12.4. The quantitative estimate of drug-likeness (QED) is 0.845. The van der Waals surface area contributed by atoms with Crippen molar-refractivity contribution in [3.8, 4) is 0 Å². The smallest absolute Gasteiger partial charge is 0.383 e. The second-order valence-electron chi connectivity index (χ2n) is 4.37. The van der Waals surface area contributed by atoms with Gasteiger partial charge in [0.1, 0.15) is 10.6 Å². The number of alkyl halides is 3. The molecule has 0 bridgehead atoms. The van der Waals surface area contributed by atoms with E-state index < -0.39 is 17.5 Å². The number of aliphatic hydroxyl groups is 1. The van der Waals surface area contributed by atoms with E-state index in [9.17, 15) is 18.3 Å². The van der Waals surface area contributed by atoms with Gasteiger partial charge in [0.05, 0.1) is 0 Å². The van der Waals surface area contributed by atoms with Crippen molar-refractivity contribution in [3.63, 3.8) is 0 Å². The van der Waals surface area contributed by atoms with Crippen molar-refractivity contribution in [2.24, 2.45) is 0 Å². The predicted molar refractivity (Wildman–Crippen MR) is 57.7 cm³/mol. The van der Waals surface area contributed by atoms with E-state index >= 15 is 0 Å². The van der Waals surface area contributed by atoms with Crippen LogP contribution >= 0.6 is 11.3 Å².